The van der Waals surface area contributed by atoms with Crippen LogP contribution in [0.5, 0.6) is 0 Å². The Balaban J connectivity index is 2.11. The molecule has 2 heteroatoms. The maximum atomic E-state index is 3.62. The summed E-state index contributed by atoms with van der Waals surface area (Å²) in [5, 5.41) is 0. The van der Waals surface area contributed by atoms with E-state index in [1.54, 1.807) is 0 Å². The van der Waals surface area contributed by atoms with Crippen LogP contribution in [0.3, 0.4) is 0 Å². The van der Waals surface area contributed by atoms with Crippen molar-refractivity contribution in [1.82, 2.24) is 0 Å². The van der Waals surface area contributed by atoms with Crippen LogP contribution >= 0.6 is 27.7 Å². The first kappa shape index (κ1) is 9.35. The van der Waals surface area contributed by atoms with E-state index in [0.717, 1.165) is 0 Å². The zero-order valence-electron chi connectivity index (χ0n) is 7.29. The van der Waals surface area contributed by atoms with Gasteiger partial charge in [0, 0.05) is 9.38 Å². The number of halogens is 1. The molecule has 0 atom stereocenters. The van der Waals surface area contributed by atoms with Crippen LogP contribution in [-0.2, 0) is 0 Å². The fraction of sp³-hybridized carbons (Fsp3) is 0.273. The van der Waals surface area contributed by atoms with E-state index in [0.29, 0.717) is 0 Å². The molecule has 0 bridgehead atoms. The van der Waals surface area contributed by atoms with Crippen molar-refractivity contribution in [2.24, 2.45) is 0 Å². The van der Waals surface area contributed by atoms with Crippen LogP contribution in [0.4, 0.5) is 0 Å². The highest BCUT2D eigenvalue weighted by molar-refractivity contribution is 9.11. The van der Waals surface area contributed by atoms with Gasteiger partial charge in [-0.3, -0.25) is 0 Å². The molecular formula is C11H11BrS. The van der Waals surface area contributed by atoms with Crippen molar-refractivity contribution in [1.29, 1.82) is 0 Å². The third kappa shape index (κ3) is 2.38. The van der Waals surface area contributed by atoms with Gasteiger partial charge in [0.15, 0.2) is 0 Å². The Kier molecular flexibility index (Phi) is 3.12. The molecule has 1 aromatic carbocycles. The average Bonchev–Trinajstić information content (AvgIpc) is 2.54. The number of allylic oxidation sites excluding steroid dienone is 2. The van der Waals surface area contributed by atoms with Gasteiger partial charge in [0.05, 0.1) is 0 Å². The highest BCUT2D eigenvalue weighted by atomic mass is 79.9. The van der Waals surface area contributed by atoms with Crippen molar-refractivity contribution < 1.29 is 0 Å². The molecule has 0 aromatic heterocycles. The lowest BCUT2D eigenvalue weighted by Crippen LogP contribution is -1.73. The van der Waals surface area contributed by atoms with Gasteiger partial charge in [0.1, 0.15) is 0 Å². The molecule has 2 rings (SSSR count). The van der Waals surface area contributed by atoms with Gasteiger partial charge in [0.25, 0.3) is 0 Å². The molecule has 0 saturated carbocycles. The summed E-state index contributed by atoms with van der Waals surface area (Å²) in [6.45, 7) is 0. The maximum Gasteiger partial charge on any atom is 0.0119 e. The predicted octanol–water partition coefficient (Wildman–Crippen LogP) is 4.57. The molecule has 0 amide bonds. The first-order valence-electron chi connectivity index (χ1n) is 4.47. The molecule has 0 saturated heterocycles. The van der Waals surface area contributed by atoms with Crippen molar-refractivity contribution in [2.45, 2.75) is 24.2 Å². The predicted molar refractivity (Wildman–Crippen MR) is 62.1 cm³/mol. The summed E-state index contributed by atoms with van der Waals surface area (Å²) in [6.07, 6.45) is 3.76. The minimum Gasteiger partial charge on any atom is -0.0937 e. The lowest BCUT2D eigenvalue weighted by molar-refractivity contribution is 0.922. The number of hydrogen-bond acceptors (Lipinski definition) is 1. The van der Waals surface area contributed by atoms with Gasteiger partial charge in [-0.25, -0.2) is 0 Å². The first-order chi connectivity index (χ1) is 6.36. The summed E-state index contributed by atoms with van der Waals surface area (Å²) >= 11 is 5.51. The highest BCUT2D eigenvalue weighted by Crippen LogP contribution is 2.40. The van der Waals surface area contributed by atoms with Gasteiger partial charge in [-0.1, -0.05) is 45.9 Å². The molecule has 1 aliphatic rings. The monoisotopic (exact) mass is 254 g/mol. The van der Waals surface area contributed by atoms with E-state index in [9.17, 15) is 0 Å². The molecule has 0 N–H and O–H groups in total. The largest absolute Gasteiger partial charge is 0.0937 e. The van der Waals surface area contributed by atoms with Crippen LogP contribution in [0, 0.1) is 0 Å². The van der Waals surface area contributed by atoms with E-state index in [-0.39, 0.29) is 0 Å². The summed E-state index contributed by atoms with van der Waals surface area (Å²) in [5.41, 5.74) is 0. The van der Waals surface area contributed by atoms with Crippen LogP contribution in [0.2, 0.25) is 0 Å². The van der Waals surface area contributed by atoms with Crippen LogP contribution in [0.1, 0.15) is 19.3 Å². The summed E-state index contributed by atoms with van der Waals surface area (Å²) in [6, 6.07) is 10.6. The minimum atomic E-state index is 1.22. The van der Waals surface area contributed by atoms with E-state index in [1.807, 2.05) is 11.8 Å². The molecular weight excluding hydrogens is 244 g/mol. The number of hydrogen-bond donors (Lipinski definition) is 0. The fourth-order valence-corrected chi connectivity index (χ4v) is 3.17. The second-order valence-corrected chi connectivity index (χ2v) is 5.22. The third-order valence-electron chi connectivity index (χ3n) is 2.09. The molecule has 1 aliphatic carbocycles. The lowest BCUT2D eigenvalue weighted by atomic mass is 10.4. The molecule has 0 nitrogen and oxygen atoms in total. The summed E-state index contributed by atoms with van der Waals surface area (Å²) < 4.78 is 1.40. The fourth-order valence-electron chi connectivity index (χ4n) is 1.42. The molecule has 0 spiro atoms. The highest BCUT2D eigenvalue weighted by Gasteiger charge is 2.12. The summed E-state index contributed by atoms with van der Waals surface area (Å²) in [4.78, 5) is 2.85. The normalized spacial score (nSPS) is 16.7. The van der Waals surface area contributed by atoms with Gasteiger partial charge in [-0.2, -0.15) is 0 Å². The van der Waals surface area contributed by atoms with Gasteiger partial charge in [0.2, 0.25) is 0 Å². The van der Waals surface area contributed by atoms with Crippen molar-refractivity contribution >= 4 is 27.7 Å². The Labute approximate surface area is 91.6 Å². The number of benzene rings is 1. The topological polar surface area (TPSA) is 0 Å². The van der Waals surface area contributed by atoms with E-state index in [2.05, 4.69) is 46.3 Å². The Morgan fingerprint density at radius 3 is 2.46 bits per heavy atom. The Bertz CT molecular complexity index is 316. The Morgan fingerprint density at radius 2 is 1.85 bits per heavy atom. The van der Waals surface area contributed by atoms with Crippen LogP contribution in [-0.4, -0.2) is 0 Å². The third-order valence-corrected chi connectivity index (χ3v) is 4.43. The SMILES string of the molecule is BrC1=C(Sc2ccccc2)CCC1. The first-order valence-corrected chi connectivity index (χ1v) is 6.07. The van der Waals surface area contributed by atoms with Crippen molar-refractivity contribution in [3.63, 3.8) is 0 Å². The van der Waals surface area contributed by atoms with E-state index >= 15 is 0 Å². The van der Waals surface area contributed by atoms with E-state index in [4.69, 9.17) is 0 Å². The maximum absolute atomic E-state index is 3.62. The zero-order chi connectivity index (χ0) is 9.10. The molecule has 13 heavy (non-hydrogen) atoms. The number of thioether (sulfide) groups is 1. The second-order valence-electron chi connectivity index (χ2n) is 3.10. The van der Waals surface area contributed by atoms with Crippen molar-refractivity contribution in [3.8, 4) is 0 Å². The zero-order valence-corrected chi connectivity index (χ0v) is 9.70. The molecule has 0 unspecified atom stereocenters. The molecule has 0 aliphatic heterocycles. The van der Waals surface area contributed by atoms with Gasteiger partial charge in [-0.05, 0) is 36.3 Å². The van der Waals surface area contributed by atoms with Crippen LogP contribution < -0.4 is 0 Å². The Morgan fingerprint density at radius 1 is 1.08 bits per heavy atom. The smallest absolute Gasteiger partial charge is 0.0119 e. The second kappa shape index (κ2) is 4.34. The van der Waals surface area contributed by atoms with E-state index in [1.165, 1.54) is 33.5 Å². The molecule has 0 fully saturated rings. The summed E-state index contributed by atoms with van der Waals surface area (Å²) in [7, 11) is 0. The standard InChI is InChI=1S/C11H11BrS/c12-10-7-4-8-11(10)13-9-5-2-1-3-6-9/h1-3,5-6H,4,7-8H2. The Hall–Kier alpha value is -0.210. The minimum absolute atomic E-state index is 1.22. The quantitative estimate of drug-likeness (QED) is 0.746. The van der Waals surface area contributed by atoms with Crippen LogP contribution in [0.15, 0.2) is 44.6 Å². The lowest BCUT2D eigenvalue weighted by Gasteiger charge is -2.01. The van der Waals surface area contributed by atoms with Gasteiger partial charge < -0.3 is 0 Å². The van der Waals surface area contributed by atoms with Crippen LogP contribution in [0.25, 0.3) is 0 Å². The summed E-state index contributed by atoms with van der Waals surface area (Å²) in [5.74, 6) is 0. The molecule has 1 aromatic rings. The molecule has 0 radical (unpaired) electrons. The van der Waals surface area contributed by atoms with Crippen molar-refractivity contribution in [2.75, 3.05) is 0 Å². The average molecular weight is 255 g/mol. The number of rotatable bonds is 2. The van der Waals surface area contributed by atoms with Gasteiger partial charge >= 0.3 is 0 Å². The molecule has 68 valence electrons. The van der Waals surface area contributed by atoms with Gasteiger partial charge in [-0.15, -0.1) is 0 Å². The molecule has 0 heterocycles. The van der Waals surface area contributed by atoms with E-state index < -0.39 is 0 Å². The van der Waals surface area contributed by atoms with Crippen molar-refractivity contribution in [3.05, 3.63) is 39.7 Å².